The smallest absolute Gasteiger partial charge is 0.407 e. The van der Waals surface area contributed by atoms with Crippen LogP contribution in [0.25, 0.3) is 0 Å². The molecule has 2 rings (SSSR count). The minimum atomic E-state index is -0.553. The Morgan fingerprint density at radius 2 is 2.07 bits per heavy atom. The molecular weight excluding hydrogens is 377 g/mol. The number of piperidine rings is 1. The van der Waals surface area contributed by atoms with Crippen LogP contribution < -0.4 is 21.4 Å². The lowest BCUT2D eigenvalue weighted by Gasteiger charge is -2.35. The van der Waals surface area contributed by atoms with Gasteiger partial charge in [-0.3, -0.25) is 10.8 Å². The Morgan fingerprint density at radius 1 is 1.41 bits per heavy atom. The summed E-state index contributed by atoms with van der Waals surface area (Å²) in [5.74, 6) is -0.943. The van der Waals surface area contributed by atoms with Gasteiger partial charge in [-0.15, -0.1) is 0 Å². The number of alkyl carbamates (subject to hydrolysis) is 1. The topological polar surface area (TPSA) is 140 Å². The van der Waals surface area contributed by atoms with E-state index in [1.807, 2.05) is 25.7 Å². The Kier molecular flexibility index (Phi) is 6.98. The number of anilines is 2. The lowest BCUT2D eigenvalue weighted by Crippen LogP contribution is -2.46. The quantitative estimate of drug-likeness (QED) is 0.338. The Balaban J connectivity index is 2.04. The summed E-state index contributed by atoms with van der Waals surface area (Å²) in [6.45, 7) is 6.68. The highest BCUT2D eigenvalue weighted by Crippen LogP contribution is 2.29. The molecule has 0 radical (unpaired) electrons. The first-order valence-corrected chi connectivity index (χ1v) is 9.21. The molecule has 1 aromatic rings. The first-order valence-electron chi connectivity index (χ1n) is 9.21. The van der Waals surface area contributed by atoms with E-state index in [1.165, 1.54) is 12.1 Å². The van der Waals surface area contributed by atoms with Crippen molar-refractivity contribution >= 4 is 29.0 Å². The Morgan fingerprint density at radius 3 is 2.62 bits per heavy atom. The molecule has 156 valence electrons. The SMILES string of the molecule is CC(C)(C)OC(=O)NC1CCN(c2ccc(F)cc2N/N=C(\C#N)C(=N)N)CC1. The molecule has 0 spiro atoms. The number of halogens is 1. The molecule has 9 nitrogen and oxygen atoms in total. The zero-order chi connectivity index (χ0) is 21.6. The summed E-state index contributed by atoms with van der Waals surface area (Å²) in [4.78, 5) is 14.0. The largest absolute Gasteiger partial charge is 0.444 e. The average molecular weight is 403 g/mol. The second kappa shape index (κ2) is 9.23. The zero-order valence-corrected chi connectivity index (χ0v) is 16.8. The highest BCUT2D eigenvalue weighted by molar-refractivity contribution is 6.45. The van der Waals surface area contributed by atoms with Crippen molar-refractivity contribution in [2.24, 2.45) is 10.8 Å². The predicted octanol–water partition coefficient (Wildman–Crippen LogP) is 2.55. The molecule has 1 amide bonds. The molecule has 1 aromatic carbocycles. The van der Waals surface area contributed by atoms with Gasteiger partial charge in [0.05, 0.1) is 11.4 Å². The van der Waals surface area contributed by atoms with Crippen molar-refractivity contribution < 1.29 is 13.9 Å². The molecule has 0 aliphatic carbocycles. The maximum atomic E-state index is 13.7. The number of nitriles is 1. The number of nitrogens with one attached hydrogen (secondary N) is 3. The first kappa shape index (κ1) is 21.9. The van der Waals surface area contributed by atoms with Crippen LogP contribution in [0.15, 0.2) is 23.3 Å². The number of ether oxygens (including phenoxy) is 1. The maximum Gasteiger partial charge on any atom is 0.407 e. The molecule has 1 heterocycles. The number of rotatable bonds is 5. The van der Waals surface area contributed by atoms with E-state index < -0.39 is 23.3 Å². The van der Waals surface area contributed by atoms with Crippen molar-refractivity contribution in [3.8, 4) is 6.07 Å². The highest BCUT2D eigenvalue weighted by Gasteiger charge is 2.25. The van der Waals surface area contributed by atoms with Crippen LogP contribution >= 0.6 is 0 Å². The minimum absolute atomic E-state index is 0.0149. The van der Waals surface area contributed by atoms with Crippen LogP contribution in [0, 0.1) is 22.6 Å². The number of nitrogens with zero attached hydrogens (tertiary/aromatic N) is 3. The van der Waals surface area contributed by atoms with Crippen LogP contribution in [0.2, 0.25) is 0 Å². The van der Waals surface area contributed by atoms with Crippen LogP contribution in [0.4, 0.5) is 20.6 Å². The van der Waals surface area contributed by atoms with Crippen LogP contribution in [-0.2, 0) is 4.74 Å². The van der Waals surface area contributed by atoms with Gasteiger partial charge in [0, 0.05) is 25.2 Å². The van der Waals surface area contributed by atoms with E-state index in [-0.39, 0.29) is 11.8 Å². The third-order valence-electron chi connectivity index (χ3n) is 4.16. The van der Waals surface area contributed by atoms with Crippen LogP contribution in [-0.4, -0.2) is 42.4 Å². The maximum absolute atomic E-state index is 13.7. The van der Waals surface area contributed by atoms with E-state index >= 15 is 0 Å². The van der Waals surface area contributed by atoms with Gasteiger partial charge in [0.15, 0.2) is 5.84 Å². The number of carbonyl (C=O) groups is 1. The van der Waals surface area contributed by atoms with Gasteiger partial charge >= 0.3 is 6.09 Å². The fourth-order valence-electron chi connectivity index (χ4n) is 2.87. The van der Waals surface area contributed by atoms with E-state index in [0.717, 1.165) is 0 Å². The van der Waals surface area contributed by atoms with Crippen molar-refractivity contribution in [2.75, 3.05) is 23.4 Å². The number of amidine groups is 1. The molecule has 29 heavy (non-hydrogen) atoms. The Bertz CT molecular complexity index is 834. The fraction of sp³-hybridized carbons (Fsp3) is 0.474. The standard InChI is InChI=1S/C19H26FN7O2/c1-19(2,3)29-18(28)24-13-6-8-27(9-7-13)16-5-4-12(20)10-14(16)25-26-15(11-21)17(22)23/h4-5,10,13,25H,6-9H2,1-3H3,(H3,22,23)(H,24,28)/b26-15+. The minimum Gasteiger partial charge on any atom is -0.444 e. The van der Waals surface area contributed by atoms with E-state index in [0.29, 0.717) is 37.3 Å². The fourth-order valence-corrected chi connectivity index (χ4v) is 2.87. The van der Waals surface area contributed by atoms with Crippen LogP contribution in [0.5, 0.6) is 0 Å². The molecule has 0 saturated carbocycles. The Labute approximate surface area is 169 Å². The average Bonchev–Trinajstić information content (AvgIpc) is 2.61. The number of hydrogen-bond donors (Lipinski definition) is 4. The number of benzene rings is 1. The van der Waals surface area contributed by atoms with Crippen LogP contribution in [0.1, 0.15) is 33.6 Å². The number of nitrogens with two attached hydrogens (primary N) is 1. The zero-order valence-electron chi connectivity index (χ0n) is 16.8. The summed E-state index contributed by atoms with van der Waals surface area (Å²) < 4.78 is 19.0. The number of carbonyl (C=O) groups excluding carboxylic acids is 1. The highest BCUT2D eigenvalue weighted by atomic mass is 19.1. The summed E-state index contributed by atoms with van der Waals surface area (Å²) in [5, 5.41) is 22.9. The second-order valence-electron chi connectivity index (χ2n) is 7.67. The second-order valence-corrected chi connectivity index (χ2v) is 7.67. The van der Waals surface area contributed by atoms with E-state index in [9.17, 15) is 9.18 Å². The monoisotopic (exact) mass is 403 g/mol. The van der Waals surface area contributed by atoms with Gasteiger partial charge in [-0.05, 0) is 45.7 Å². The van der Waals surface area contributed by atoms with Crippen LogP contribution in [0.3, 0.4) is 0 Å². The van der Waals surface area contributed by atoms with Crippen molar-refractivity contribution in [1.29, 1.82) is 10.7 Å². The van der Waals surface area contributed by atoms with Gasteiger partial charge in [-0.2, -0.15) is 10.4 Å². The molecule has 0 bridgehead atoms. The number of hydrogen-bond acceptors (Lipinski definition) is 7. The molecule has 0 unspecified atom stereocenters. The normalized spacial score (nSPS) is 15.4. The molecule has 1 fully saturated rings. The molecular formula is C19H26FN7O2. The first-order chi connectivity index (χ1) is 13.6. The van der Waals surface area contributed by atoms with E-state index in [2.05, 4.69) is 15.8 Å². The summed E-state index contributed by atoms with van der Waals surface area (Å²) in [6, 6.07) is 5.91. The summed E-state index contributed by atoms with van der Waals surface area (Å²) >= 11 is 0. The molecule has 1 aliphatic rings. The molecule has 0 aromatic heterocycles. The van der Waals surface area contributed by atoms with E-state index in [1.54, 1.807) is 12.1 Å². The van der Waals surface area contributed by atoms with Crippen molar-refractivity contribution in [1.82, 2.24) is 5.32 Å². The lowest BCUT2D eigenvalue weighted by molar-refractivity contribution is 0.0497. The van der Waals surface area contributed by atoms with Crippen molar-refractivity contribution in [2.45, 2.75) is 45.3 Å². The third-order valence-corrected chi connectivity index (χ3v) is 4.16. The lowest BCUT2D eigenvalue weighted by atomic mass is 10.0. The van der Waals surface area contributed by atoms with Gasteiger partial charge in [-0.1, -0.05) is 0 Å². The van der Waals surface area contributed by atoms with Gasteiger partial charge in [0.25, 0.3) is 0 Å². The van der Waals surface area contributed by atoms with E-state index in [4.69, 9.17) is 21.1 Å². The van der Waals surface area contributed by atoms with Gasteiger partial charge in [0.2, 0.25) is 5.71 Å². The van der Waals surface area contributed by atoms with Crippen molar-refractivity contribution in [3.05, 3.63) is 24.0 Å². The Hall–Kier alpha value is -3.35. The number of hydrazone groups is 1. The summed E-state index contributed by atoms with van der Waals surface area (Å²) in [7, 11) is 0. The molecule has 10 heteroatoms. The molecule has 5 N–H and O–H groups in total. The summed E-state index contributed by atoms with van der Waals surface area (Å²) in [5.41, 5.74) is 8.12. The van der Waals surface area contributed by atoms with Crippen molar-refractivity contribution in [3.63, 3.8) is 0 Å². The van der Waals surface area contributed by atoms with Gasteiger partial charge in [0.1, 0.15) is 17.5 Å². The third kappa shape index (κ3) is 6.64. The summed E-state index contributed by atoms with van der Waals surface area (Å²) in [6.07, 6.45) is 0.939. The predicted molar refractivity (Wildman–Crippen MR) is 110 cm³/mol. The van der Waals surface area contributed by atoms with Gasteiger partial charge < -0.3 is 20.7 Å². The molecule has 0 atom stereocenters. The van der Waals surface area contributed by atoms with Gasteiger partial charge in [-0.25, -0.2) is 9.18 Å². The number of amides is 1. The molecule has 1 aliphatic heterocycles. The molecule has 1 saturated heterocycles.